The predicted molar refractivity (Wildman–Crippen MR) is 75.1 cm³/mol. The van der Waals surface area contributed by atoms with Crippen LogP contribution in [0.3, 0.4) is 0 Å². The highest BCUT2D eigenvalue weighted by atomic mass is 15.0. The molecule has 2 aromatic carbocycles. The van der Waals surface area contributed by atoms with Gasteiger partial charge in [-0.05, 0) is 0 Å². The lowest BCUT2D eigenvalue weighted by molar-refractivity contribution is 1.08. The first-order valence-corrected chi connectivity index (χ1v) is 5.98. The van der Waals surface area contributed by atoms with Crippen molar-refractivity contribution in [2.75, 3.05) is 0 Å². The number of benzene rings is 2. The Labute approximate surface area is 107 Å². The van der Waals surface area contributed by atoms with Crippen LogP contribution in [0.1, 0.15) is 11.1 Å². The molecule has 0 atom stereocenters. The van der Waals surface area contributed by atoms with Gasteiger partial charge in [0.05, 0.1) is 11.4 Å². The van der Waals surface area contributed by atoms with Crippen LogP contribution >= 0.6 is 0 Å². The zero-order valence-electron chi connectivity index (χ0n) is 9.93. The molecule has 2 N–H and O–H groups in total. The summed E-state index contributed by atoms with van der Waals surface area (Å²) >= 11 is 0. The summed E-state index contributed by atoms with van der Waals surface area (Å²) in [5, 5.41) is 6.64. The fraction of sp³-hybridized carbons (Fsp3) is 0. The zero-order valence-corrected chi connectivity index (χ0v) is 9.93. The largest absolute Gasteiger partial charge is 0.358 e. The maximum absolute atomic E-state index is 3.32. The molecule has 2 nitrogen and oxygen atoms in total. The Kier molecular flexibility index (Phi) is 2.84. The van der Waals surface area contributed by atoms with Crippen LogP contribution in [-0.4, -0.2) is 0 Å². The Hall–Kier alpha value is -2.48. The van der Waals surface area contributed by atoms with Crippen molar-refractivity contribution in [3.8, 4) is 0 Å². The van der Waals surface area contributed by atoms with Crippen LogP contribution < -0.4 is 10.6 Å². The van der Waals surface area contributed by atoms with E-state index < -0.39 is 0 Å². The minimum absolute atomic E-state index is 1.10. The first-order valence-electron chi connectivity index (χ1n) is 5.98. The van der Waals surface area contributed by atoms with Crippen molar-refractivity contribution in [1.82, 2.24) is 10.6 Å². The average Bonchev–Trinajstić information content (AvgIpc) is 2.49. The van der Waals surface area contributed by atoms with Crippen LogP contribution in [0.5, 0.6) is 0 Å². The maximum atomic E-state index is 3.32. The summed E-state index contributed by atoms with van der Waals surface area (Å²) in [4.78, 5) is 0. The van der Waals surface area contributed by atoms with Gasteiger partial charge in [0, 0.05) is 23.5 Å². The number of hydrogen-bond donors (Lipinski definition) is 2. The average molecular weight is 234 g/mol. The van der Waals surface area contributed by atoms with Gasteiger partial charge in [-0.3, -0.25) is 0 Å². The van der Waals surface area contributed by atoms with E-state index in [4.69, 9.17) is 0 Å². The summed E-state index contributed by atoms with van der Waals surface area (Å²) in [5.41, 5.74) is 4.55. The van der Waals surface area contributed by atoms with Crippen molar-refractivity contribution in [2.24, 2.45) is 0 Å². The summed E-state index contributed by atoms with van der Waals surface area (Å²) in [6.07, 6.45) is 3.82. The lowest BCUT2D eigenvalue weighted by Crippen LogP contribution is -2.19. The van der Waals surface area contributed by atoms with E-state index in [1.165, 1.54) is 11.1 Å². The normalized spacial score (nSPS) is 14.0. The molecule has 0 amide bonds. The number of rotatable bonds is 2. The Balaban J connectivity index is 2.10. The molecule has 0 bridgehead atoms. The molecule has 0 aliphatic carbocycles. The third-order valence-corrected chi connectivity index (χ3v) is 2.91. The van der Waals surface area contributed by atoms with Gasteiger partial charge in [0.15, 0.2) is 0 Å². The van der Waals surface area contributed by atoms with E-state index in [1.807, 2.05) is 48.8 Å². The molecule has 2 aromatic rings. The van der Waals surface area contributed by atoms with E-state index in [-0.39, 0.29) is 0 Å². The van der Waals surface area contributed by atoms with Gasteiger partial charge in [0.2, 0.25) is 0 Å². The SMILES string of the molecule is C1=CNC(c2ccccc2)=C(c2ccccc2)N1. The first kappa shape index (κ1) is 10.7. The van der Waals surface area contributed by atoms with Gasteiger partial charge in [0.25, 0.3) is 0 Å². The second-order valence-corrected chi connectivity index (χ2v) is 4.10. The van der Waals surface area contributed by atoms with Crippen molar-refractivity contribution < 1.29 is 0 Å². The summed E-state index contributed by atoms with van der Waals surface area (Å²) in [6, 6.07) is 20.7. The molecule has 3 rings (SSSR count). The van der Waals surface area contributed by atoms with Crippen LogP contribution in [0, 0.1) is 0 Å². The van der Waals surface area contributed by atoms with Gasteiger partial charge in [-0.1, -0.05) is 60.7 Å². The minimum atomic E-state index is 1.10. The van der Waals surface area contributed by atoms with Crippen molar-refractivity contribution in [3.63, 3.8) is 0 Å². The summed E-state index contributed by atoms with van der Waals surface area (Å²) < 4.78 is 0. The summed E-state index contributed by atoms with van der Waals surface area (Å²) in [7, 11) is 0. The fourth-order valence-corrected chi connectivity index (χ4v) is 2.06. The van der Waals surface area contributed by atoms with E-state index in [9.17, 15) is 0 Å². The molecule has 0 saturated heterocycles. The van der Waals surface area contributed by atoms with Gasteiger partial charge >= 0.3 is 0 Å². The molecule has 1 aliphatic heterocycles. The lowest BCUT2D eigenvalue weighted by atomic mass is 10.0. The Morgan fingerprint density at radius 2 is 0.889 bits per heavy atom. The summed E-state index contributed by atoms with van der Waals surface area (Å²) in [6.45, 7) is 0. The van der Waals surface area contributed by atoms with Crippen LogP contribution in [0.2, 0.25) is 0 Å². The number of hydrogen-bond acceptors (Lipinski definition) is 2. The van der Waals surface area contributed by atoms with Gasteiger partial charge in [-0.2, -0.15) is 0 Å². The maximum Gasteiger partial charge on any atom is 0.0699 e. The van der Waals surface area contributed by atoms with E-state index >= 15 is 0 Å². The predicted octanol–water partition coefficient (Wildman–Crippen LogP) is 3.18. The first-order chi connectivity index (χ1) is 8.95. The van der Waals surface area contributed by atoms with Crippen LogP contribution in [0.15, 0.2) is 73.1 Å². The second kappa shape index (κ2) is 4.80. The van der Waals surface area contributed by atoms with E-state index in [1.54, 1.807) is 0 Å². The van der Waals surface area contributed by atoms with Gasteiger partial charge in [-0.25, -0.2) is 0 Å². The van der Waals surface area contributed by atoms with Gasteiger partial charge in [0.1, 0.15) is 0 Å². The zero-order chi connectivity index (χ0) is 12.2. The van der Waals surface area contributed by atoms with E-state index in [2.05, 4.69) is 34.9 Å². The molecule has 1 heterocycles. The lowest BCUT2D eigenvalue weighted by Gasteiger charge is -2.20. The third-order valence-electron chi connectivity index (χ3n) is 2.91. The van der Waals surface area contributed by atoms with Crippen LogP contribution in [0.4, 0.5) is 0 Å². The molecular formula is C16H14N2. The molecule has 0 fully saturated rings. The molecule has 0 radical (unpaired) electrons. The molecule has 2 heteroatoms. The van der Waals surface area contributed by atoms with Crippen molar-refractivity contribution in [1.29, 1.82) is 0 Å². The fourth-order valence-electron chi connectivity index (χ4n) is 2.06. The van der Waals surface area contributed by atoms with E-state index in [0.29, 0.717) is 0 Å². The highest BCUT2D eigenvalue weighted by molar-refractivity contribution is 5.90. The Morgan fingerprint density at radius 1 is 0.500 bits per heavy atom. The highest BCUT2D eigenvalue weighted by Gasteiger charge is 2.11. The molecule has 1 aliphatic rings. The Bertz CT molecular complexity index is 530. The second-order valence-electron chi connectivity index (χ2n) is 4.10. The summed E-state index contributed by atoms with van der Waals surface area (Å²) in [5.74, 6) is 0. The monoisotopic (exact) mass is 234 g/mol. The molecule has 0 aromatic heterocycles. The van der Waals surface area contributed by atoms with Gasteiger partial charge in [-0.15, -0.1) is 0 Å². The number of nitrogens with one attached hydrogen (secondary N) is 2. The van der Waals surface area contributed by atoms with Crippen molar-refractivity contribution in [3.05, 3.63) is 84.2 Å². The highest BCUT2D eigenvalue weighted by Crippen LogP contribution is 2.23. The molecular weight excluding hydrogens is 220 g/mol. The molecule has 0 spiro atoms. The Morgan fingerprint density at radius 3 is 1.28 bits per heavy atom. The van der Waals surface area contributed by atoms with Crippen LogP contribution in [0.25, 0.3) is 11.4 Å². The smallest absolute Gasteiger partial charge is 0.0699 e. The molecule has 88 valence electrons. The van der Waals surface area contributed by atoms with Crippen molar-refractivity contribution in [2.45, 2.75) is 0 Å². The van der Waals surface area contributed by atoms with Gasteiger partial charge < -0.3 is 10.6 Å². The molecule has 0 unspecified atom stereocenters. The molecule has 18 heavy (non-hydrogen) atoms. The third kappa shape index (κ3) is 2.00. The van der Waals surface area contributed by atoms with E-state index in [0.717, 1.165) is 11.4 Å². The standard InChI is InChI=1S/C16H14N2/c1-3-7-13(8-4-1)15-16(18-12-11-17-15)14-9-5-2-6-10-14/h1-12,17-18H. The van der Waals surface area contributed by atoms with Crippen molar-refractivity contribution >= 4 is 11.4 Å². The minimum Gasteiger partial charge on any atom is -0.358 e. The molecule has 0 saturated carbocycles. The quantitative estimate of drug-likeness (QED) is 0.834. The van der Waals surface area contributed by atoms with Crippen LogP contribution in [-0.2, 0) is 0 Å². The topological polar surface area (TPSA) is 24.1 Å².